The van der Waals surface area contributed by atoms with E-state index in [1.807, 2.05) is 12.4 Å². The fourth-order valence-electron chi connectivity index (χ4n) is 3.28. The number of anilines is 1. The molecule has 1 aliphatic carbocycles. The number of rotatable bonds is 4. The molecule has 2 heterocycles. The average Bonchev–Trinajstić information content (AvgIpc) is 2.97. The van der Waals surface area contributed by atoms with Gasteiger partial charge in [-0.05, 0) is 31.2 Å². The van der Waals surface area contributed by atoms with Crippen molar-refractivity contribution in [2.45, 2.75) is 32.7 Å². The van der Waals surface area contributed by atoms with Gasteiger partial charge in [-0.1, -0.05) is 13.3 Å². The van der Waals surface area contributed by atoms with Crippen molar-refractivity contribution in [2.75, 3.05) is 24.5 Å². The third-order valence-corrected chi connectivity index (χ3v) is 4.30. The molecule has 2 aliphatic rings. The van der Waals surface area contributed by atoms with E-state index in [4.69, 9.17) is 0 Å². The van der Waals surface area contributed by atoms with Crippen molar-refractivity contribution in [3.05, 3.63) is 18.1 Å². The van der Waals surface area contributed by atoms with Crippen molar-refractivity contribution in [3.63, 3.8) is 0 Å². The van der Waals surface area contributed by atoms with Crippen molar-refractivity contribution in [1.29, 1.82) is 0 Å². The average molecular weight is 246 g/mol. The maximum Gasteiger partial charge on any atom is 0.147 e. The molecule has 2 atom stereocenters. The van der Waals surface area contributed by atoms with Crippen molar-refractivity contribution < 1.29 is 0 Å². The monoisotopic (exact) mass is 246 g/mol. The molecule has 4 heteroatoms. The molecule has 18 heavy (non-hydrogen) atoms. The second-order valence-electron chi connectivity index (χ2n) is 5.50. The lowest BCUT2D eigenvalue weighted by Crippen LogP contribution is -2.22. The van der Waals surface area contributed by atoms with Crippen LogP contribution in [0.2, 0.25) is 0 Å². The Morgan fingerprint density at radius 3 is 2.61 bits per heavy atom. The molecule has 1 aromatic rings. The Bertz CT molecular complexity index is 377. The fraction of sp³-hybridized carbons (Fsp3) is 0.714. The van der Waals surface area contributed by atoms with E-state index >= 15 is 0 Å². The molecule has 98 valence electrons. The standard InChI is InChI=1S/C14H22N4/c1-2-15-6-13-7-17-14(8-16-13)18-9-11-4-3-5-12(11)10-18/h7-8,11-12,15H,2-6,9-10H2,1H3. The second kappa shape index (κ2) is 5.22. The molecule has 4 nitrogen and oxygen atoms in total. The molecule has 1 aromatic heterocycles. The lowest BCUT2D eigenvalue weighted by Gasteiger charge is -2.17. The van der Waals surface area contributed by atoms with Crippen LogP contribution in [-0.4, -0.2) is 29.6 Å². The summed E-state index contributed by atoms with van der Waals surface area (Å²) in [5, 5.41) is 3.27. The van der Waals surface area contributed by atoms with E-state index in [1.165, 1.54) is 32.4 Å². The minimum atomic E-state index is 0.815. The van der Waals surface area contributed by atoms with Gasteiger partial charge in [-0.25, -0.2) is 4.98 Å². The maximum absolute atomic E-state index is 4.56. The highest BCUT2D eigenvalue weighted by Crippen LogP contribution is 2.38. The summed E-state index contributed by atoms with van der Waals surface area (Å²) in [6, 6.07) is 0. The summed E-state index contributed by atoms with van der Waals surface area (Å²) in [5.74, 6) is 2.88. The van der Waals surface area contributed by atoms with Gasteiger partial charge in [0.1, 0.15) is 5.82 Å². The van der Waals surface area contributed by atoms with Crippen molar-refractivity contribution in [1.82, 2.24) is 15.3 Å². The SMILES string of the molecule is CCNCc1cnc(N2CC3CCCC3C2)cn1. The van der Waals surface area contributed by atoms with Gasteiger partial charge in [0, 0.05) is 19.6 Å². The summed E-state index contributed by atoms with van der Waals surface area (Å²) < 4.78 is 0. The predicted octanol–water partition coefficient (Wildman–Crippen LogP) is 1.82. The number of hydrogen-bond acceptors (Lipinski definition) is 4. The lowest BCUT2D eigenvalue weighted by molar-refractivity contribution is 0.494. The molecule has 1 N–H and O–H groups in total. The highest BCUT2D eigenvalue weighted by atomic mass is 15.2. The van der Waals surface area contributed by atoms with E-state index in [-0.39, 0.29) is 0 Å². The van der Waals surface area contributed by atoms with E-state index in [2.05, 4.69) is 27.1 Å². The highest BCUT2D eigenvalue weighted by Gasteiger charge is 2.36. The smallest absolute Gasteiger partial charge is 0.147 e. The molecule has 1 saturated carbocycles. The summed E-state index contributed by atoms with van der Waals surface area (Å²) in [7, 11) is 0. The summed E-state index contributed by atoms with van der Waals surface area (Å²) in [4.78, 5) is 11.5. The zero-order valence-electron chi connectivity index (χ0n) is 11.1. The Kier molecular flexibility index (Phi) is 3.46. The van der Waals surface area contributed by atoms with Crippen molar-refractivity contribution in [3.8, 4) is 0 Å². The van der Waals surface area contributed by atoms with Gasteiger partial charge >= 0.3 is 0 Å². The van der Waals surface area contributed by atoms with Crippen LogP contribution in [-0.2, 0) is 6.54 Å². The lowest BCUT2D eigenvalue weighted by atomic mass is 10.0. The zero-order chi connectivity index (χ0) is 12.4. The van der Waals surface area contributed by atoms with E-state index in [0.717, 1.165) is 36.4 Å². The summed E-state index contributed by atoms with van der Waals surface area (Å²) in [6.45, 7) is 6.26. The van der Waals surface area contributed by atoms with Crippen LogP contribution in [0.1, 0.15) is 31.9 Å². The zero-order valence-corrected chi connectivity index (χ0v) is 11.1. The van der Waals surface area contributed by atoms with Crippen molar-refractivity contribution >= 4 is 5.82 Å². The molecule has 3 rings (SSSR count). The molecule has 2 fully saturated rings. The van der Waals surface area contributed by atoms with Crippen LogP contribution in [0.4, 0.5) is 5.82 Å². The summed E-state index contributed by atoms with van der Waals surface area (Å²) in [6.07, 6.45) is 8.09. The molecule has 1 aliphatic heterocycles. The van der Waals surface area contributed by atoms with E-state index < -0.39 is 0 Å². The number of nitrogens with one attached hydrogen (secondary N) is 1. The van der Waals surface area contributed by atoms with E-state index in [1.54, 1.807) is 0 Å². The third kappa shape index (κ3) is 2.34. The predicted molar refractivity (Wildman–Crippen MR) is 72.5 cm³/mol. The second-order valence-corrected chi connectivity index (χ2v) is 5.50. The number of fused-ring (bicyclic) bond motifs is 1. The largest absolute Gasteiger partial charge is 0.355 e. The van der Waals surface area contributed by atoms with Crippen LogP contribution in [0.25, 0.3) is 0 Å². The van der Waals surface area contributed by atoms with Crippen LogP contribution < -0.4 is 10.2 Å². The number of nitrogens with zero attached hydrogens (tertiary/aromatic N) is 3. The minimum Gasteiger partial charge on any atom is -0.355 e. The third-order valence-electron chi connectivity index (χ3n) is 4.30. The Morgan fingerprint density at radius 1 is 1.22 bits per heavy atom. The first-order valence-corrected chi connectivity index (χ1v) is 7.13. The fourth-order valence-corrected chi connectivity index (χ4v) is 3.28. The Morgan fingerprint density at radius 2 is 2.00 bits per heavy atom. The molecule has 0 spiro atoms. The van der Waals surface area contributed by atoms with Gasteiger partial charge < -0.3 is 10.2 Å². The van der Waals surface area contributed by atoms with Crippen LogP contribution in [0.5, 0.6) is 0 Å². The van der Waals surface area contributed by atoms with Gasteiger partial charge in [-0.2, -0.15) is 0 Å². The van der Waals surface area contributed by atoms with Crippen LogP contribution in [0.3, 0.4) is 0 Å². The minimum absolute atomic E-state index is 0.815. The molecular weight excluding hydrogens is 224 g/mol. The van der Waals surface area contributed by atoms with Gasteiger partial charge in [0.15, 0.2) is 0 Å². The molecule has 0 bridgehead atoms. The number of hydrogen-bond donors (Lipinski definition) is 1. The van der Waals surface area contributed by atoms with Gasteiger partial charge in [0.25, 0.3) is 0 Å². The first kappa shape index (κ1) is 11.9. The van der Waals surface area contributed by atoms with Crippen LogP contribution in [0, 0.1) is 11.8 Å². The molecule has 1 saturated heterocycles. The summed E-state index contributed by atoms with van der Waals surface area (Å²) in [5.41, 5.74) is 1.03. The van der Waals surface area contributed by atoms with Gasteiger partial charge in [-0.15, -0.1) is 0 Å². The van der Waals surface area contributed by atoms with E-state index in [0.29, 0.717) is 0 Å². The molecule has 2 unspecified atom stereocenters. The Labute approximate surface area is 109 Å². The summed E-state index contributed by atoms with van der Waals surface area (Å²) >= 11 is 0. The molecule has 0 aromatic carbocycles. The molecular formula is C14H22N4. The van der Waals surface area contributed by atoms with Crippen LogP contribution in [0.15, 0.2) is 12.4 Å². The normalized spacial score (nSPS) is 26.6. The Hall–Kier alpha value is -1.16. The highest BCUT2D eigenvalue weighted by molar-refractivity contribution is 5.38. The van der Waals surface area contributed by atoms with Gasteiger partial charge in [-0.3, -0.25) is 4.98 Å². The van der Waals surface area contributed by atoms with E-state index in [9.17, 15) is 0 Å². The van der Waals surface area contributed by atoms with Gasteiger partial charge in [0.2, 0.25) is 0 Å². The first-order valence-electron chi connectivity index (χ1n) is 7.13. The van der Waals surface area contributed by atoms with Crippen LogP contribution >= 0.6 is 0 Å². The van der Waals surface area contributed by atoms with Gasteiger partial charge in [0.05, 0.1) is 18.1 Å². The first-order chi connectivity index (χ1) is 8.86. The number of aromatic nitrogens is 2. The topological polar surface area (TPSA) is 41.1 Å². The molecule has 0 amide bonds. The maximum atomic E-state index is 4.56. The Balaban J connectivity index is 1.63. The molecule has 0 radical (unpaired) electrons. The quantitative estimate of drug-likeness (QED) is 0.880. The van der Waals surface area contributed by atoms with Crippen molar-refractivity contribution in [2.24, 2.45) is 11.8 Å².